The summed E-state index contributed by atoms with van der Waals surface area (Å²) in [5.74, 6) is 0. The van der Waals surface area contributed by atoms with E-state index in [0.29, 0.717) is 0 Å². The second-order valence-corrected chi connectivity index (χ2v) is 17.4. The first-order valence-corrected chi connectivity index (χ1v) is 23.1. The Bertz CT molecular complexity index is 4320. The summed E-state index contributed by atoms with van der Waals surface area (Å²) in [6.07, 6.45) is 7.45. The molecule has 0 saturated heterocycles. The quantitative estimate of drug-likeness (QED) is 0.159. The molecule has 7 heterocycles. The second kappa shape index (κ2) is 15.6. The molecule has 0 bridgehead atoms. The summed E-state index contributed by atoms with van der Waals surface area (Å²) in [6.45, 7) is 0. The molecule has 7 nitrogen and oxygen atoms in total. The lowest BCUT2D eigenvalue weighted by Gasteiger charge is -2.12. The zero-order valence-corrected chi connectivity index (χ0v) is 37.0. The first-order chi connectivity index (χ1) is 34.2. The van der Waals surface area contributed by atoms with Crippen LogP contribution in [0.5, 0.6) is 0 Å². The molecule has 0 aliphatic carbocycles. The van der Waals surface area contributed by atoms with Crippen molar-refractivity contribution in [2.45, 2.75) is 0 Å². The topological polar surface area (TPSA) is 74.6 Å². The largest absolute Gasteiger partial charge is 0.455 e. The highest BCUT2D eigenvalue weighted by atomic mass is 16.3. The molecule has 0 atom stereocenters. The van der Waals surface area contributed by atoms with Gasteiger partial charge in [0.15, 0.2) is 0 Å². The van der Waals surface area contributed by atoms with Gasteiger partial charge in [0.1, 0.15) is 11.2 Å². The molecule has 0 spiro atoms. The van der Waals surface area contributed by atoms with Gasteiger partial charge in [-0.15, -0.1) is 0 Å². The van der Waals surface area contributed by atoms with E-state index in [-0.39, 0.29) is 0 Å². The molecule has 69 heavy (non-hydrogen) atoms. The maximum atomic E-state index is 6.82. The van der Waals surface area contributed by atoms with E-state index in [1.54, 1.807) is 0 Å². The van der Waals surface area contributed by atoms with Gasteiger partial charge in [-0.25, -0.2) is 0 Å². The Hall–Kier alpha value is -9.46. The lowest BCUT2D eigenvalue weighted by atomic mass is 9.96. The SMILES string of the molecule is c1ccc(-c2ccccc2-c2ccc3c(c2)c2ncccc2n3-c2cccc(-c3cccc4c3oc3ccc(-n5c6ccc(-c7ccccc7-c7ccccn7)cc6c6ncccc65)cc34)c2)nc1. The van der Waals surface area contributed by atoms with Crippen molar-refractivity contribution in [1.29, 1.82) is 0 Å². The first-order valence-electron chi connectivity index (χ1n) is 23.1. The van der Waals surface area contributed by atoms with Gasteiger partial charge in [0, 0.05) is 74.4 Å². The van der Waals surface area contributed by atoms with Gasteiger partial charge in [-0.05, 0) is 131 Å². The normalized spacial score (nSPS) is 11.8. The standard InChI is InChI=1S/C62H38N6O/c1-3-17-47(53-21-5-7-31-63-53)44(15-1)40-25-28-55-51(36-40)60-57(23-11-33-65-60)67(55)42-14-9-13-39(35-42)46-19-10-20-49-50-38-43(27-30-59(50)69-62(46)49)68-56-29-26-41(37-52(56)61-58(68)24-12-34-66-61)45-16-2-4-18-48(45)54-22-6-8-32-64-54/h1-38H. The maximum absolute atomic E-state index is 6.82. The molecule has 7 aromatic carbocycles. The van der Waals surface area contributed by atoms with E-state index in [1.807, 2.05) is 61.2 Å². The van der Waals surface area contributed by atoms with Crippen molar-refractivity contribution < 1.29 is 4.42 Å². The van der Waals surface area contributed by atoms with Gasteiger partial charge in [-0.3, -0.25) is 19.9 Å². The van der Waals surface area contributed by atoms with E-state index in [1.165, 1.54) is 0 Å². The van der Waals surface area contributed by atoms with E-state index in [4.69, 9.17) is 14.4 Å². The molecule has 0 fully saturated rings. The summed E-state index contributed by atoms with van der Waals surface area (Å²) in [4.78, 5) is 19.3. The molecule has 322 valence electrons. The number of nitrogens with zero attached hydrogens (tertiary/aromatic N) is 6. The number of fused-ring (bicyclic) bond motifs is 9. The number of aromatic nitrogens is 6. The molecule has 0 radical (unpaired) electrons. The molecular weight excluding hydrogens is 845 g/mol. The smallest absolute Gasteiger partial charge is 0.143 e. The van der Waals surface area contributed by atoms with E-state index < -0.39 is 0 Å². The van der Waals surface area contributed by atoms with Crippen molar-refractivity contribution in [3.05, 3.63) is 231 Å². The van der Waals surface area contributed by atoms with Gasteiger partial charge in [-0.2, -0.15) is 0 Å². The lowest BCUT2D eigenvalue weighted by molar-refractivity contribution is 0.670. The third kappa shape index (κ3) is 6.21. The highest BCUT2D eigenvalue weighted by Gasteiger charge is 2.20. The molecule has 0 amide bonds. The van der Waals surface area contributed by atoms with Crippen LogP contribution in [-0.4, -0.2) is 29.1 Å². The van der Waals surface area contributed by atoms with Crippen LogP contribution in [0.2, 0.25) is 0 Å². The van der Waals surface area contributed by atoms with E-state index in [9.17, 15) is 0 Å². The summed E-state index contributed by atoms with van der Waals surface area (Å²) in [7, 11) is 0. The summed E-state index contributed by atoms with van der Waals surface area (Å²) < 4.78 is 11.5. The van der Waals surface area contributed by atoms with E-state index in [2.05, 4.69) is 189 Å². The average molecular weight is 883 g/mol. The summed E-state index contributed by atoms with van der Waals surface area (Å²) in [5, 5.41) is 4.28. The average Bonchev–Trinajstić information content (AvgIpc) is 4.08. The van der Waals surface area contributed by atoms with Crippen molar-refractivity contribution in [2.75, 3.05) is 0 Å². The Morgan fingerprint density at radius 2 is 0.826 bits per heavy atom. The molecule has 0 saturated carbocycles. The molecule has 0 aliphatic rings. The fourth-order valence-electron chi connectivity index (χ4n) is 10.5. The van der Waals surface area contributed by atoms with Crippen molar-refractivity contribution in [3.8, 4) is 67.3 Å². The van der Waals surface area contributed by atoms with Crippen molar-refractivity contribution >= 4 is 65.8 Å². The van der Waals surface area contributed by atoms with E-state index in [0.717, 1.165) is 133 Å². The fourth-order valence-corrected chi connectivity index (χ4v) is 10.5. The Kier molecular flexibility index (Phi) is 8.75. The van der Waals surface area contributed by atoms with Crippen LogP contribution in [-0.2, 0) is 0 Å². The molecule has 0 N–H and O–H groups in total. The van der Waals surface area contributed by atoms with Gasteiger partial charge >= 0.3 is 0 Å². The predicted octanol–water partition coefficient (Wildman–Crippen LogP) is 15.7. The minimum Gasteiger partial charge on any atom is -0.455 e. The van der Waals surface area contributed by atoms with Crippen molar-refractivity contribution in [2.24, 2.45) is 0 Å². The van der Waals surface area contributed by atoms with Crippen LogP contribution in [0.15, 0.2) is 235 Å². The van der Waals surface area contributed by atoms with E-state index >= 15 is 0 Å². The molecule has 0 aliphatic heterocycles. The Morgan fingerprint density at radius 3 is 1.42 bits per heavy atom. The first kappa shape index (κ1) is 38.8. The third-order valence-electron chi connectivity index (χ3n) is 13.6. The number of hydrogen-bond acceptors (Lipinski definition) is 5. The molecular formula is C62H38N6O. The lowest BCUT2D eigenvalue weighted by Crippen LogP contribution is -1.94. The molecule has 7 heteroatoms. The number of rotatable bonds is 7. The molecule has 14 rings (SSSR count). The number of pyridine rings is 4. The van der Waals surface area contributed by atoms with Gasteiger partial charge in [-0.1, -0.05) is 103 Å². The second-order valence-electron chi connectivity index (χ2n) is 17.4. The van der Waals surface area contributed by atoms with Crippen LogP contribution in [0.4, 0.5) is 0 Å². The Labute approximate surface area is 395 Å². The third-order valence-corrected chi connectivity index (χ3v) is 13.6. The summed E-state index contributed by atoms with van der Waals surface area (Å²) in [6, 6.07) is 72.5. The molecule has 14 aromatic rings. The number of hydrogen-bond donors (Lipinski definition) is 0. The molecule has 7 aromatic heterocycles. The Balaban J connectivity index is 0.869. The summed E-state index contributed by atoms with van der Waals surface area (Å²) in [5.41, 5.74) is 20.6. The molecule has 0 unspecified atom stereocenters. The van der Waals surface area contributed by atoms with Gasteiger partial charge < -0.3 is 13.6 Å². The Morgan fingerprint density at radius 1 is 0.304 bits per heavy atom. The number of furan rings is 1. The van der Waals surface area contributed by atoms with Crippen molar-refractivity contribution in [3.63, 3.8) is 0 Å². The van der Waals surface area contributed by atoms with Gasteiger partial charge in [0.2, 0.25) is 0 Å². The summed E-state index contributed by atoms with van der Waals surface area (Å²) >= 11 is 0. The van der Waals surface area contributed by atoms with Crippen LogP contribution >= 0.6 is 0 Å². The predicted molar refractivity (Wildman–Crippen MR) is 281 cm³/mol. The highest BCUT2D eigenvalue weighted by Crippen LogP contribution is 2.42. The van der Waals surface area contributed by atoms with Crippen LogP contribution in [0.25, 0.3) is 133 Å². The van der Waals surface area contributed by atoms with Crippen LogP contribution in [0.3, 0.4) is 0 Å². The monoisotopic (exact) mass is 882 g/mol. The minimum absolute atomic E-state index is 0.832. The highest BCUT2D eigenvalue weighted by molar-refractivity contribution is 6.13. The fraction of sp³-hybridized carbons (Fsp3) is 0. The van der Waals surface area contributed by atoms with Crippen molar-refractivity contribution in [1.82, 2.24) is 29.1 Å². The number of para-hydroxylation sites is 1. The number of benzene rings is 7. The zero-order chi connectivity index (χ0) is 45.4. The minimum atomic E-state index is 0.832. The van der Waals surface area contributed by atoms with Crippen LogP contribution < -0.4 is 0 Å². The van der Waals surface area contributed by atoms with Gasteiger partial charge in [0.25, 0.3) is 0 Å². The van der Waals surface area contributed by atoms with Crippen LogP contribution in [0, 0.1) is 0 Å². The maximum Gasteiger partial charge on any atom is 0.143 e. The van der Waals surface area contributed by atoms with Crippen LogP contribution in [0.1, 0.15) is 0 Å². The zero-order valence-electron chi connectivity index (χ0n) is 37.0. The van der Waals surface area contributed by atoms with Gasteiger partial charge in [0.05, 0.1) is 44.5 Å².